The summed E-state index contributed by atoms with van der Waals surface area (Å²) in [4.78, 5) is 26.4. The number of carbonyl (C=O) groups is 1. The van der Waals surface area contributed by atoms with Gasteiger partial charge in [-0.1, -0.05) is 18.2 Å². The van der Waals surface area contributed by atoms with E-state index in [-0.39, 0.29) is 23.5 Å². The standard InChI is InChI=1S/C24H25F3N6O3/c1-15-18(30-16(2)34)6-5-7-19(15)31-22-28-14-29-23(32-22)33-12-10-17(11-13-33)35-20-8-3-4-9-21(20)36-24(25,26)27/h3-9,14,17H,10-13H2,1-2H3,(H,30,34)(H,28,29,31,32). The molecule has 1 saturated heterocycles. The van der Waals surface area contributed by atoms with Gasteiger partial charge in [0.2, 0.25) is 17.8 Å². The van der Waals surface area contributed by atoms with E-state index >= 15 is 0 Å². The van der Waals surface area contributed by atoms with E-state index in [4.69, 9.17) is 4.74 Å². The molecule has 1 aliphatic rings. The summed E-state index contributed by atoms with van der Waals surface area (Å²) in [6, 6.07) is 11.2. The normalized spacial score (nSPS) is 14.3. The van der Waals surface area contributed by atoms with Gasteiger partial charge in [0.05, 0.1) is 0 Å². The van der Waals surface area contributed by atoms with Gasteiger partial charge in [-0.2, -0.15) is 4.98 Å². The highest BCUT2D eigenvalue weighted by Gasteiger charge is 2.33. The van der Waals surface area contributed by atoms with Crippen molar-refractivity contribution in [3.63, 3.8) is 0 Å². The molecular weight excluding hydrogens is 477 g/mol. The minimum absolute atomic E-state index is 0.0526. The van der Waals surface area contributed by atoms with E-state index in [0.29, 0.717) is 43.5 Å². The van der Waals surface area contributed by atoms with Crippen molar-refractivity contribution in [3.05, 3.63) is 54.4 Å². The second kappa shape index (κ2) is 10.7. The van der Waals surface area contributed by atoms with Crippen molar-refractivity contribution >= 4 is 29.2 Å². The first-order chi connectivity index (χ1) is 17.2. The largest absolute Gasteiger partial charge is 0.573 e. The Morgan fingerprint density at radius 1 is 1.03 bits per heavy atom. The number of hydrogen-bond donors (Lipinski definition) is 2. The second-order valence-electron chi connectivity index (χ2n) is 8.19. The number of piperidine rings is 1. The van der Waals surface area contributed by atoms with Gasteiger partial charge in [-0.05, 0) is 36.8 Å². The van der Waals surface area contributed by atoms with Crippen molar-refractivity contribution in [1.82, 2.24) is 15.0 Å². The van der Waals surface area contributed by atoms with Crippen LogP contribution in [0.2, 0.25) is 0 Å². The van der Waals surface area contributed by atoms with E-state index in [9.17, 15) is 18.0 Å². The summed E-state index contributed by atoms with van der Waals surface area (Å²) >= 11 is 0. The van der Waals surface area contributed by atoms with Crippen LogP contribution in [0, 0.1) is 6.92 Å². The molecule has 2 aromatic carbocycles. The van der Waals surface area contributed by atoms with Gasteiger partial charge in [0, 0.05) is 44.2 Å². The number of amides is 1. The van der Waals surface area contributed by atoms with Crippen molar-refractivity contribution in [2.24, 2.45) is 0 Å². The summed E-state index contributed by atoms with van der Waals surface area (Å²) in [7, 11) is 0. The fourth-order valence-electron chi connectivity index (χ4n) is 3.83. The maximum absolute atomic E-state index is 12.7. The van der Waals surface area contributed by atoms with Gasteiger partial charge in [-0.3, -0.25) is 4.79 Å². The Balaban J connectivity index is 1.38. The molecule has 2 N–H and O–H groups in total. The van der Waals surface area contributed by atoms with Gasteiger partial charge in [-0.25, -0.2) is 9.97 Å². The molecule has 0 aliphatic carbocycles. The van der Waals surface area contributed by atoms with Crippen LogP contribution in [-0.4, -0.2) is 46.4 Å². The Hall–Kier alpha value is -4.09. The third-order valence-electron chi connectivity index (χ3n) is 5.54. The quantitative estimate of drug-likeness (QED) is 0.474. The Bertz CT molecular complexity index is 1220. The lowest BCUT2D eigenvalue weighted by molar-refractivity contribution is -0.275. The van der Waals surface area contributed by atoms with Crippen molar-refractivity contribution in [3.8, 4) is 11.5 Å². The summed E-state index contributed by atoms with van der Waals surface area (Å²) in [5, 5.41) is 5.94. The molecule has 12 heteroatoms. The van der Waals surface area contributed by atoms with Crippen LogP contribution in [0.3, 0.4) is 0 Å². The number of ether oxygens (including phenoxy) is 2. The minimum Gasteiger partial charge on any atom is -0.486 e. The van der Waals surface area contributed by atoms with Gasteiger partial charge in [0.25, 0.3) is 0 Å². The summed E-state index contributed by atoms with van der Waals surface area (Å²) in [6.45, 7) is 4.42. The van der Waals surface area contributed by atoms with Crippen LogP contribution in [0.1, 0.15) is 25.3 Å². The number of benzene rings is 2. The zero-order valence-electron chi connectivity index (χ0n) is 19.7. The molecule has 2 heterocycles. The van der Waals surface area contributed by atoms with Crippen LogP contribution in [-0.2, 0) is 4.79 Å². The number of halogens is 3. The van der Waals surface area contributed by atoms with Crippen LogP contribution in [0.25, 0.3) is 0 Å². The number of carbonyl (C=O) groups excluding carboxylic acids is 1. The first-order valence-electron chi connectivity index (χ1n) is 11.3. The van der Waals surface area contributed by atoms with E-state index < -0.39 is 6.36 Å². The number of hydrogen-bond acceptors (Lipinski definition) is 8. The fraction of sp³-hybridized carbons (Fsp3) is 0.333. The number of alkyl halides is 3. The lowest BCUT2D eigenvalue weighted by atomic mass is 10.1. The molecule has 0 unspecified atom stereocenters. The summed E-state index contributed by atoms with van der Waals surface area (Å²) in [5.74, 6) is 0.346. The number of anilines is 4. The molecule has 1 amide bonds. The molecule has 36 heavy (non-hydrogen) atoms. The number of nitrogens with one attached hydrogen (secondary N) is 2. The van der Waals surface area contributed by atoms with Crippen molar-refractivity contribution in [2.45, 2.75) is 39.2 Å². The maximum Gasteiger partial charge on any atom is 0.573 e. The zero-order chi connectivity index (χ0) is 25.7. The average Bonchev–Trinajstić information content (AvgIpc) is 2.82. The lowest BCUT2D eigenvalue weighted by Gasteiger charge is -2.32. The fourth-order valence-corrected chi connectivity index (χ4v) is 3.83. The van der Waals surface area contributed by atoms with Crippen LogP contribution < -0.4 is 25.0 Å². The molecule has 1 fully saturated rings. The summed E-state index contributed by atoms with van der Waals surface area (Å²) in [6.07, 6.45) is -2.54. The molecule has 0 atom stereocenters. The molecular formula is C24H25F3N6O3. The van der Waals surface area contributed by atoms with Crippen LogP contribution >= 0.6 is 0 Å². The molecule has 0 bridgehead atoms. The van der Waals surface area contributed by atoms with Gasteiger partial charge >= 0.3 is 6.36 Å². The molecule has 0 saturated carbocycles. The Morgan fingerprint density at radius 2 is 1.72 bits per heavy atom. The minimum atomic E-state index is -4.79. The Kier molecular flexibility index (Phi) is 7.41. The molecule has 3 aromatic rings. The third-order valence-corrected chi connectivity index (χ3v) is 5.54. The van der Waals surface area contributed by atoms with Crippen molar-refractivity contribution in [1.29, 1.82) is 0 Å². The van der Waals surface area contributed by atoms with Gasteiger partial charge in [-0.15, -0.1) is 13.2 Å². The van der Waals surface area contributed by atoms with Crippen molar-refractivity contribution < 1.29 is 27.4 Å². The topological polar surface area (TPSA) is 102 Å². The molecule has 0 spiro atoms. The number of para-hydroxylation sites is 2. The second-order valence-corrected chi connectivity index (χ2v) is 8.19. The highest BCUT2D eigenvalue weighted by Crippen LogP contribution is 2.34. The summed E-state index contributed by atoms with van der Waals surface area (Å²) < 4.78 is 47.9. The maximum atomic E-state index is 12.7. The molecule has 1 aliphatic heterocycles. The average molecular weight is 502 g/mol. The van der Waals surface area contributed by atoms with Crippen LogP contribution in [0.4, 0.5) is 36.4 Å². The molecule has 9 nitrogen and oxygen atoms in total. The van der Waals surface area contributed by atoms with Gasteiger partial charge in [0.1, 0.15) is 12.4 Å². The molecule has 0 radical (unpaired) electrons. The monoisotopic (exact) mass is 502 g/mol. The molecule has 1 aromatic heterocycles. The number of nitrogens with zero attached hydrogens (tertiary/aromatic N) is 4. The predicted octanol–water partition coefficient (Wildman–Crippen LogP) is 4.83. The highest BCUT2D eigenvalue weighted by atomic mass is 19.4. The third kappa shape index (κ3) is 6.52. The first kappa shape index (κ1) is 25.0. The van der Waals surface area contributed by atoms with Gasteiger partial charge < -0.3 is 25.0 Å². The van der Waals surface area contributed by atoms with Crippen LogP contribution in [0.5, 0.6) is 11.5 Å². The summed E-state index contributed by atoms with van der Waals surface area (Å²) in [5.41, 5.74) is 2.26. The van der Waals surface area contributed by atoms with E-state index in [1.807, 2.05) is 24.0 Å². The number of aromatic nitrogens is 3. The van der Waals surface area contributed by atoms with Crippen LogP contribution in [0.15, 0.2) is 48.8 Å². The molecule has 4 rings (SSSR count). The lowest BCUT2D eigenvalue weighted by Crippen LogP contribution is -2.39. The van der Waals surface area contributed by atoms with Gasteiger partial charge in [0.15, 0.2) is 11.5 Å². The molecule has 190 valence electrons. The SMILES string of the molecule is CC(=O)Nc1cccc(Nc2ncnc(N3CCC(Oc4ccccc4OC(F)(F)F)CC3)n2)c1C. The Labute approximate surface area is 205 Å². The smallest absolute Gasteiger partial charge is 0.486 e. The van der Waals surface area contributed by atoms with E-state index in [1.165, 1.54) is 31.5 Å². The van der Waals surface area contributed by atoms with E-state index in [0.717, 1.165) is 11.3 Å². The van der Waals surface area contributed by atoms with E-state index in [2.05, 4.69) is 30.3 Å². The highest BCUT2D eigenvalue weighted by molar-refractivity contribution is 5.90. The first-order valence-corrected chi connectivity index (χ1v) is 11.3. The number of rotatable bonds is 7. The Morgan fingerprint density at radius 3 is 2.42 bits per heavy atom. The van der Waals surface area contributed by atoms with E-state index in [1.54, 1.807) is 12.1 Å². The predicted molar refractivity (Wildman–Crippen MR) is 128 cm³/mol. The van der Waals surface area contributed by atoms with Crippen molar-refractivity contribution in [2.75, 3.05) is 28.6 Å². The zero-order valence-corrected chi connectivity index (χ0v) is 19.7.